The highest BCUT2D eigenvalue weighted by Crippen LogP contribution is 2.18. The summed E-state index contributed by atoms with van der Waals surface area (Å²) in [6, 6.07) is 7.11. The molecule has 0 bridgehead atoms. The highest BCUT2D eigenvalue weighted by Gasteiger charge is 2.28. The van der Waals surface area contributed by atoms with E-state index in [4.69, 9.17) is 4.74 Å². The number of rotatable bonds is 5. The van der Waals surface area contributed by atoms with Crippen LogP contribution < -0.4 is 0 Å². The van der Waals surface area contributed by atoms with Gasteiger partial charge in [0.05, 0.1) is 18.1 Å². The lowest BCUT2D eigenvalue weighted by Crippen LogP contribution is -2.50. The maximum absolute atomic E-state index is 12.7. The van der Waals surface area contributed by atoms with Crippen molar-refractivity contribution in [3.8, 4) is 0 Å². The zero-order valence-electron chi connectivity index (χ0n) is 14.4. The Morgan fingerprint density at radius 2 is 1.42 bits per heavy atom. The fourth-order valence-electron chi connectivity index (χ4n) is 3.16. The van der Waals surface area contributed by atoms with Crippen LogP contribution in [0.5, 0.6) is 0 Å². The molecule has 0 unspecified atom stereocenters. The average molecular weight is 353 g/mol. The van der Waals surface area contributed by atoms with Gasteiger partial charge in [0.25, 0.3) is 0 Å². The number of morpholine rings is 1. The van der Waals surface area contributed by atoms with E-state index in [9.17, 15) is 8.42 Å². The van der Waals surface area contributed by atoms with Crippen LogP contribution in [0, 0.1) is 6.92 Å². The van der Waals surface area contributed by atoms with Crippen molar-refractivity contribution in [1.82, 2.24) is 14.1 Å². The number of piperazine rings is 1. The number of nitrogens with zero attached hydrogens (tertiary/aromatic N) is 3. The van der Waals surface area contributed by atoms with E-state index >= 15 is 0 Å². The van der Waals surface area contributed by atoms with Gasteiger partial charge in [0.15, 0.2) is 0 Å². The summed E-state index contributed by atoms with van der Waals surface area (Å²) in [7, 11) is -3.36. The van der Waals surface area contributed by atoms with E-state index in [1.165, 1.54) is 0 Å². The van der Waals surface area contributed by atoms with Crippen LogP contribution in [0.25, 0.3) is 0 Å². The minimum atomic E-state index is -3.36. The molecule has 7 heteroatoms. The van der Waals surface area contributed by atoms with Crippen molar-refractivity contribution in [2.75, 3.05) is 65.6 Å². The molecular formula is C17H27N3O3S. The summed E-state index contributed by atoms with van der Waals surface area (Å²) in [5.41, 5.74) is 1.07. The fourth-order valence-corrected chi connectivity index (χ4v) is 4.58. The van der Waals surface area contributed by atoms with Gasteiger partial charge in [0.2, 0.25) is 10.0 Å². The molecule has 134 valence electrons. The number of aryl methyl sites for hydroxylation is 1. The average Bonchev–Trinajstić information content (AvgIpc) is 2.61. The molecule has 0 radical (unpaired) electrons. The Bertz CT molecular complexity index is 619. The van der Waals surface area contributed by atoms with Crippen molar-refractivity contribution in [3.63, 3.8) is 0 Å². The van der Waals surface area contributed by atoms with Gasteiger partial charge in [-0.2, -0.15) is 4.31 Å². The largest absolute Gasteiger partial charge is 0.379 e. The van der Waals surface area contributed by atoms with Crippen LogP contribution in [-0.4, -0.2) is 88.1 Å². The van der Waals surface area contributed by atoms with Crippen LogP contribution in [0.4, 0.5) is 0 Å². The van der Waals surface area contributed by atoms with E-state index in [2.05, 4.69) is 9.80 Å². The van der Waals surface area contributed by atoms with Gasteiger partial charge in [0.1, 0.15) is 0 Å². The Morgan fingerprint density at radius 3 is 2.00 bits per heavy atom. The van der Waals surface area contributed by atoms with Crippen molar-refractivity contribution in [3.05, 3.63) is 29.8 Å². The summed E-state index contributed by atoms with van der Waals surface area (Å²) >= 11 is 0. The second-order valence-corrected chi connectivity index (χ2v) is 8.45. The molecule has 6 nitrogen and oxygen atoms in total. The molecule has 3 rings (SSSR count). The molecule has 1 aromatic carbocycles. The number of sulfonamides is 1. The summed E-state index contributed by atoms with van der Waals surface area (Å²) in [5, 5.41) is 0. The van der Waals surface area contributed by atoms with Gasteiger partial charge < -0.3 is 4.74 Å². The third kappa shape index (κ3) is 4.34. The number of ether oxygens (including phenoxy) is 1. The third-order valence-corrected chi connectivity index (χ3v) is 6.74. The molecule has 0 spiro atoms. The van der Waals surface area contributed by atoms with Crippen molar-refractivity contribution in [2.24, 2.45) is 0 Å². The van der Waals surface area contributed by atoms with E-state index in [0.29, 0.717) is 18.0 Å². The molecule has 0 N–H and O–H groups in total. The first kappa shape index (κ1) is 17.8. The third-order valence-electron chi connectivity index (χ3n) is 4.83. The van der Waals surface area contributed by atoms with Gasteiger partial charge in [0, 0.05) is 52.4 Å². The molecule has 2 fully saturated rings. The van der Waals surface area contributed by atoms with Gasteiger partial charge in [-0.05, 0) is 19.1 Å². The summed E-state index contributed by atoms with van der Waals surface area (Å²) in [6.07, 6.45) is 0. The van der Waals surface area contributed by atoms with Crippen LogP contribution in [0.1, 0.15) is 5.56 Å². The molecule has 0 aliphatic carbocycles. The smallest absolute Gasteiger partial charge is 0.243 e. The van der Waals surface area contributed by atoms with Crippen LogP contribution >= 0.6 is 0 Å². The Labute approximate surface area is 145 Å². The summed E-state index contributed by atoms with van der Waals surface area (Å²) < 4.78 is 32.4. The van der Waals surface area contributed by atoms with Crippen molar-refractivity contribution >= 4 is 10.0 Å². The maximum Gasteiger partial charge on any atom is 0.243 e. The molecule has 1 aromatic rings. The number of hydrogen-bond acceptors (Lipinski definition) is 5. The molecule has 0 aromatic heterocycles. The molecule has 2 aliphatic rings. The molecule has 2 aliphatic heterocycles. The fraction of sp³-hybridized carbons (Fsp3) is 0.647. The zero-order chi connectivity index (χ0) is 17.0. The molecule has 2 heterocycles. The lowest BCUT2D eigenvalue weighted by atomic mass is 10.2. The van der Waals surface area contributed by atoms with Gasteiger partial charge in [-0.1, -0.05) is 17.7 Å². The molecular weight excluding hydrogens is 326 g/mol. The van der Waals surface area contributed by atoms with Gasteiger partial charge in [-0.25, -0.2) is 8.42 Å². The Hall–Kier alpha value is -0.990. The van der Waals surface area contributed by atoms with Crippen LogP contribution in [0.15, 0.2) is 29.2 Å². The summed E-state index contributed by atoms with van der Waals surface area (Å²) in [6.45, 7) is 10.4. The number of hydrogen-bond donors (Lipinski definition) is 0. The van der Waals surface area contributed by atoms with E-state index < -0.39 is 10.0 Å². The minimum absolute atomic E-state index is 0.398. The van der Waals surface area contributed by atoms with Crippen molar-refractivity contribution in [1.29, 1.82) is 0 Å². The first-order valence-electron chi connectivity index (χ1n) is 8.65. The predicted molar refractivity (Wildman–Crippen MR) is 93.6 cm³/mol. The van der Waals surface area contributed by atoms with E-state index in [0.717, 1.165) is 58.0 Å². The second-order valence-electron chi connectivity index (χ2n) is 6.51. The highest BCUT2D eigenvalue weighted by molar-refractivity contribution is 7.89. The van der Waals surface area contributed by atoms with Gasteiger partial charge in [-0.15, -0.1) is 0 Å². The SMILES string of the molecule is Cc1ccc(S(=O)(=O)N2CCN(CCN3CCOCC3)CC2)cc1. The second kappa shape index (κ2) is 7.93. The minimum Gasteiger partial charge on any atom is -0.379 e. The molecule has 24 heavy (non-hydrogen) atoms. The predicted octanol–water partition coefficient (Wildman–Crippen LogP) is 0.634. The van der Waals surface area contributed by atoms with Crippen LogP contribution in [-0.2, 0) is 14.8 Å². The zero-order valence-corrected chi connectivity index (χ0v) is 15.2. The van der Waals surface area contributed by atoms with Crippen molar-refractivity contribution in [2.45, 2.75) is 11.8 Å². The summed E-state index contributed by atoms with van der Waals surface area (Å²) in [4.78, 5) is 5.17. The standard InChI is InChI=1S/C17H27N3O3S/c1-16-2-4-17(5-3-16)24(21,22)20-10-8-18(9-11-20)6-7-19-12-14-23-15-13-19/h2-5H,6-15H2,1H3. The first-order chi connectivity index (χ1) is 11.6. The monoisotopic (exact) mass is 353 g/mol. The lowest BCUT2D eigenvalue weighted by Gasteiger charge is -2.35. The maximum atomic E-state index is 12.7. The summed E-state index contributed by atoms with van der Waals surface area (Å²) in [5.74, 6) is 0. The van der Waals surface area contributed by atoms with E-state index in [-0.39, 0.29) is 0 Å². The van der Waals surface area contributed by atoms with Crippen LogP contribution in [0.2, 0.25) is 0 Å². The molecule has 0 amide bonds. The van der Waals surface area contributed by atoms with E-state index in [1.54, 1.807) is 16.4 Å². The Balaban J connectivity index is 1.49. The topological polar surface area (TPSA) is 53.1 Å². The van der Waals surface area contributed by atoms with Crippen LogP contribution in [0.3, 0.4) is 0 Å². The number of benzene rings is 1. The van der Waals surface area contributed by atoms with Gasteiger partial charge in [-0.3, -0.25) is 9.80 Å². The normalized spacial score (nSPS) is 21.9. The Morgan fingerprint density at radius 1 is 0.875 bits per heavy atom. The lowest BCUT2D eigenvalue weighted by molar-refractivity contribution is 0.0317. The molecule has 0 saturated carbocycles. The van der Waals surface area contributed by atoms with E-state index in [1.807, 2.05) is 19.1 Å². The Kier molecular flexibility index (Phi) is 5.89. The molecule has 0 atom stereocenters. The first-order valence-corrected chi connectivity index (χ1v) is 10.1. The van der Waals surface area contributed by atoms with Crippen molar-refractivity contribution < 1.29 is 13.2 Å². The molecule has 2 saturated heterocycles. The highest BCUT2D eigenvalue weighted by atomic mass is 32.2. The quantitative estimate of drug-likeness (QED) is 0.777. The van der Waals surface area contributed by atoms with Gasteiger partial charge >= 0.3 is 0 Å².